The molecule has 1 aromatic rings. The fourth-order valence-corrected chi connectivity index (χ4v) is 1.25. The standard InChI is InChI=1S/C11H15ClFNO/c1-11(2,7-15)14-6-8-5-9(13)3-4-10(8)12/h3-5,14-15H,6-7H2,1-2H3. The summed E-state index contributed by atoms with van der Waals surface area (Å²) in [6, 6.07) is 4.24. The molecule has 15 heavy (non-hydrogen) atoms. The highest BCUT2D eigenvalue weighted by molar-refractivity contribution is 6.31. The number of aliphatic hydroxyl groups is 1. The first kappa shape index (κ1) is 12.4. The van der Waals surface area contributed by atoms with Crippen molar-refractivity contribution in [2.45, 2.75) is 25.9 Å². The van der Waals surface area contributed by atoms with Crippen molar-refractivity contribution in [1.82, 2.24) is 5.32 Å². The van der Waals surface area contributed by atoms with Gasteiger partial charge in [-0.05, 0) is 37.6 Å². The van der Waals surface area contributed by atoms with Crippen LogP contribution in [0.5, 0.6) is 0 Å². The predicted octanol–water partition coefficient (Wildman–Crippen LogP) is 2.34. The first-order valence-electron chi connectivity index (χ1n) is 4.74. The Morgan fingerprint density at radius 2 is 2.13 bits per heavy atom. The molecule has 84 valence electrons. The molecule has 0 amide bonds. The molecule has 0 heterocycles. The van der Waals surface area contributed by atoms with Crippen LogP contribution in [0.3, 0.4) is 0 Å². The van der Waals surface area contributed by atoms with Crippen LogP contribution in [0.15, 0.2) is 18.2 Å². The minimum absolute atomic E-state index is 0.0138. The van der Waals surface area contributed by atoms with E-state index in [9.17, 15) is 4.39 Å². The topological polar surface area (TPSA) is 32.3 Å². The van der Waals surface area contributed by atoms with Crippen LogP contribution in [0.25, 0.3) is 0 Å². The van der Waals surface area contributed by atoms with E-state index in [4.69, 9.17) is 16.7 Å². The molecule has 0 unspecified atom stereocenters. The van der Waals surface area contributed by atoms with Crippen molar-refractivity contribution < 1.29 is 9.50 Å². The number of benzene rings is 1. The summed E-state index contributed by atoms with van der Waals surface area (Å²) in [6.07, 6.45) is 0. The molecule has 0 aliphatic heterocycles. The number of halogens is 2. The van der Waals surface area contributed by atoms with Gasteiger partial charge < -0.3 is 10.4 Å². The van der Waals surface area contributed by atoms with Gasteiger partial charge in [0.05, 0.1) is 6.61 Å². The summed E-state index contributed by atoms with van der Waals surface area (Å²) < 4.78 is 12.9. The van der Waals surface area contributed by atoms with Gasteiger partial charge >= 0.3 is 0 Å². The van der Waals surface area contributed by atoms with Crippen LogP contribution in [0.4, 0.5) is 4.39 Å². The maximum absolute atomic E-state index is 12.9. The molecular formula is C11H15ClFNO. The van der Waals surface area contributed by atoms with E-state index in [1.165, 1.54) is 18.2 Å². The van der Waals surface area contributed by atoms with Gasteiger partial charge in [0.1, 0.15) is 5.82 Å². The van der Waals surface area contributed by atoms with E-state index >= 15 is 0 Å². The van der Waals surface area contributed by atoms with Gasteiger partial charge in [0.2, 0.25) is 0 Å². The van der Waals surface area contributed by atoms with Crippen LogP contribution in [0, 0.1) is 5.82 Å². The Labute approximate surface area is 94.1 Å². The average Bonchev–Trinajstić information content (AvgIpc) is 2.20. The third-order valence-corrected chi connectivity index (χ3v) is 2.53. The molecule has 1 aromatic carbocycles. The minimum Gasteiger partial charge on any atom is -0.394 e. The Morgan fingerprint density at radius 1 is 1.47 bits per heavy atom. The maximum Gasteiger partial charge on any atom is 0.123 e. The van der Waals surface area contributed by atoms with Crippen molar-refractivity contribution in [3.8, 4) is 0 Å². The molecule has 0 saturated heterocycles. The second-order valence-electron chi connectivity index (χ2n) is 4.13. The van der Waals surface area contributed by atoms with Gasteiger partial charge in [-0.1, -0.05) is 11.6 Å². The first-order valence-corrected chi connectivity index (χ1v) is 5.12. The van der Waals surface area contributed by atoms with Crippen molar-refractivity contribution in [1.29, 1.82) is 0 Å². The molecule has 1 rings (SSSR count). The molecule has 0 spiro atoms. The second-order valence-corrected chi connectivity index (χ2v) is 4.54. The van der Waals surface area contributed by atoms with Crippen LogP contribution in [-0.4, -0.2) is 17.3 Å². The third kappa shape index (κ3) is 3.78. The summed E-state index contributed by atoms with van der Waals surface area (Å²) in [7, 11) is 0. The zero-order valence-electron chi connectivity index (χ0n) is 8.85. The summed E-state index contributed by atoms with van der Waals surface area (Å²) >= 11 is 5.90. The Morgan fingerprint density at radius 3 is 2.73 bits per heavy atom. The maximum atomic E-state index is 12.9. The fourth-order valence-electron chi connectivity index (χ4n) is 1.07. The number of hydrogen-bond donors (Lipinski definition) is 2. The average molecular weight is 232 g/mol. The van der Waals surface area contributed by atoms with Crippen molar-refractivity contribution in [2.75, 3.05) is 6.61 Å². The Kier molecular flexibility index (Phi) is 4.08. The summed E-state index contributed by atoms with van der Waals surface area (Å²) in [5, 5.41) is 12.6. The van der Waals surface area contributed by atoms with Crippen molar-refractivity contribution in [3.63, 3.8) is 0 Å². The number of nitrogens with one attached hydrogen (secondary N) is 1. The molecule has 0 radical (unpaired) electrons. The van der Waals surface area contributed by atoms with E-state index in [2.05, 4.69) is 5.32 Å². The normalized spacial score (nSPS) is 11.8. The van der Waals surface area contributed by atoms with E-state index in [0.717, 1.165) is 0 Å². The van der Waals surface area contributed by atoms with Gasteiger partial charge in [0, 0.05) is 17.1 Å². The minimum atomic E-state index is -0.393. The Hall–Kier alpha value is -0.640. The molecule has 0 aliphatic rings. The lowest BCUT2D eigenvalue weighted by molar-refractivity contribution is 0.187. The second kappa shape index (κ2) is 4.92. The molecule has 2 N–H and O–H groups in total. The van der Waals surface area contributed by atoms with E-state index in [-0.39, 0.29) is 12.4 Å². The molecule has 0 atom stereocenters. The van der Waals surface area contributed by atoms with Crippen LogP contribution < -0.4 is 5.32 Å². The Balaban J connectivity index is 2.69. The Bertz CT molecular complexity index is 341. The smallest absolute Gasteiger partial charge is 0.123 e. The molecule has 0 bridgehead atoms. The highest BCUT2D eigenvalue weighted by Gasteiger charge is 2.15. The van der Waals surface area contributed by atoms with Crippen LogP contribution in [-0.2, 0) is 6.54 Å². The van der Waals surface area contributed by atoms with E-state index in [1.807, 2.05) is 13.8 Å². The van der Waals surface area contributed by atoms with E-state index < -0.39 is 5.54 Å². The highest BCUT2D eigenvalue weighted by Crippen LogP contribution is 2.17. The first-order chi connectivity index (χ1) is 6.94. The van der Waals surface area contributed by atoms with Gasteiger partial charge in [0.25, 0.3) is 0 Å². The van der Waals surface area contributed by atoms with Gasteiger partial charge in [0.15, 0.2) is 0 Å². The molecular weight excluding hydrogens is 217 g/mol. The number of hydrogen-bond acceptors (Lipinski definition) is 2. The lowest BCUT2D eigenvalue weighted by Gasteiger charge is -2.23. The van der Waals surface area contributed by atoms with E-state index in [1.54, 1.807) is 0 Å². The molecule has 0 fully saturated rings. The van der Waals surface area contributed by atoms with Crippen molar-refractivity contribution in [3.05, 3.63) is 34.6 Å². The molecule has 0 aliphatic carbocycles. The lowest BCUT2D eigenvalue weighted by atomic mass is 10.1. The summed E-state index contributed by atoms with van der Waals surface area (Å²) in [5.41, 5.74) is 0.300. The van der Waals surface area contributed by atoms with Crippen LogP contribution >= 0.6 is 11.6 Å². The molecule has 0 aromatic heterocycles. The largest absolute Gasteiger partial charge is 0.394 e. The van der Waals surface area contributed by atoms with Gasteiger partial charge in [-0.25, -0.2) is 4.39 Å². The molecule has 0 saturated carbocycles. The van der Waals surface area contributed by atoms with Crippen LogP contribution in [0.1, 0.15) is 19.4 Å². The quantitative estimate of drug-likeness (QED) is 0.834. The molecule has 2 nitrogen and oxygen atoms in total. The van der Waals surface area contributed by atoms with E-state index in [0.29, 0.717) is 17.1 Å². The van der Waals surface area contributed by atoms with Crippen molar-refractivity contribution in [2.24, 2.45) is 0 Å². The number of rotatable bonds is 4. The van der Waals surface area contributed by atoms with Crippen LogP contribution in [0.2, 0.25) is 5.02 Å². The monoisotopic (exact) mass is 231 g/mol. The predicted molar refractivity (Wildman–Crippen MR) is 59.4 cm³/mol. The fraction of sp³-hybridized carbons (Fsp3) is 0.455. The van der Waals surface area contributed by atoms with Crippen molar-refractivity contribution >= 4 is 11.6 Å². The summed E-state index contributed by atoms with van der Waals surface area (Å²) in [6.45, 7) is 4.17. The number of aliphatic hydroxyl groups excluding tert-OH is 1. The summed E-state index contributed by atoms with van der Waals surface area (Å²) in [5.74, 6) is -0.307. The van der Waals surface area contributed by atoms with Gasteiger partial charge in [-0.2, -0.15) is 0 Å². The SMILES string of the molecule is CC(C)(CO)NCc1cc(F)ccc1Cl. The zero-order valence-corrected chi connectivity index (χ0v) is 9.61. The van der Waals surface area contributed by atoms with Gasteiger partial charge in [-0.3, -0.25) is 0 Å². The molecule has 4 heteroatoms. The lowest BCUT2D eigenvalue weighted by Crippen LogP contribution is -2.42. The highest BCUT2D eigenvalue weighted by atomic mass is 35.5. The third-order valence-electron chi connectivity index (χ3n) is 2.16. The summed E-state index contributed by atoms with van der Waals surface area (Å²) in [4.78, 5) is 0. The van der Waals surface area contributed by atoms with Gasteiger partial charge in [-0.15, -0.1) is 0 Å². The zero-order chi connectivity index (χ0) is 11.5.